The van der Waals surface area contributed by atoms with Crippen LogP contribution >= 0.6 is 11.3 Å². The Balaban J connectivity index is 1.93. The number of nitrogens with one attached hydrogen (secondary N) is 1. The van der Waals surface area contributed by atoms with Crippen molar-refractivity contribution in [2.75, 3.05) is 31.1 Å². The molecule has 1 fully saturated rings. The molecule has 3 rings (SSSR count). The van der Waals surface area contributed by atoms with Gasteiger partial charge in [-0.2, -0.15) is 0 Å². The summed E-state index contributed by atoms with van der Waals surface area (Å²) in [6.45, 7) is 5.83. The van der Waals surface area contributed by atoms with E-state index in [0.29, 0.717) is 0 Å². The summed E-state index contributed by atoms with van der Waals surface area (Å²) in [7, 11) is 0. The number of piperazine rings is 1. The van der Waals surface area contributed by atoms with Crippen LogP contribution in [0.5, 0.6) is 0 Å². The Morgan fingerprint density at radius 2 is 2.14 bits per heavy atom. The van der Waals surface area contributed by atoms with Gasteiger partial charge in [-0.3, -0.25) is 10.1 Å². The van der Waals surface area contributed by atoms with Crippen LogP contribution in [0.25, 0.3) is 11.3 Å². The molecule has 1 saturated heterocycles. The lowest BCUT2D eigenvalue weighted by Gasteiger charge is -2.26. The van der Waals surface area contributed by atoms with Crippen molar-refractivity contribution in [1.29, 1.82) is 0 Å². The first-order valence-corrected chi connectivity index (χ1v) is 7.65. The zero-order chi connectivity index (χ0) is 14.8. The van der Waals surface area contributed by atoms with Gasteiger partial charge < -0.3 is 10.2 Å². The van der Waals surface area contributed by atoms with E-state index < -0.39 is 0 Å². The molecule has 0 unspecified atom stereocenters. The summed E-state index contributed by atoms with van der Waals surface area (Å²) in [6.07, 6.45) is 0. The van der Waals surface area contributed by atoms with Crippen LogP contribution in [0, 0.1) is 17.0 Å². The molecule has 0 bridgehead atoms. The summed E-state index contributed by atoms with van der Waals surface area (Å²) in [5.41, 5.74) is 1.75. The molecule has 1 aromatic carbocycles. The first-order valence-electron chi connectivity index (χ1n) is 6.83. The van der Waals surface area contributed by atoms with E-state index in [0.717, 1.165) is 47.4 Å². The second-order valence-corrected chi connectivity index (χ2v) is 6.13. The van der Waals surface area contributed by atoms with Gasteiger partial charge in [-0.25, -0.2) is 4.98 Å². The Morgan fingerprint density at radius 1 is 1.38 bits per heavy atom. The molecule has 1 aliphatic rings. The maximum Gasteiger partial charge on any atom is 0.270 e. The summed E-state index contributed by atoms with van der Waals surface area (Å²) in [5.74, 6) is 0. The van der Waals surface area contributed by atoms with Gasteiger partial charge in [-0.15, -0.1) is 11.3 Å². The van der Waals surface area contributed by atoms with Crippen LogP contribution in [-0.2, 0) is 0 Å². The smallest absolute Gasteiger partial charge is 0.270 e. The highest BCUT2D eigenvalue weighted by atomic mass is 32.1. The number of nitrogens with zero attached hydrogens (tertiary/aromatic N) is 3. The quantitative estimate of drug-likeness (QED) is 0.696. The maximum atomic E-state index is 10.9. The summed E-state index contributed by atoms with van der Waals surface area (Å²) in [4.78, 5) is 18.6. The van der Waals surface area contributed by atoms with Crippen LogP contribution in [0.2, 0.25) is 0 Å². The zero-order valence-electron chi connectivity index (χ0n) is 11.7. The van der Waals surface area contributed by atoms with Gasteiger partial charge in [0.1, 0.15) is 0 Å². The lowest BCUT2D eigenvalue weighted by atomic mass is 10.1. The number of benzene rings is 1. The Morgan fingerprint density at radius 3 is 2.86 bits per heavy atom. The fourth-order valence-electron chi connectivity index (χ4n) is 2.41. The molecule has 0 atom stereocenters. The van der Waals surface area contributed by atoms with Crippen molar-refractivity contribution in [3.63, 3.8) is 0 Å². The van der Waals surface area contributed by atoms with Crippen molar-refractivity contribution in [3.05, 3.63) is 39.3 Å². The molecule has 0 radical (unpaired) electrons. The Hall–Kier alpha value is -1.99. The summed E-state index contributed by atoms with van der Waals surface area (Å²) >= 11 is 1.65. The third kappa shape index (κ3) is 2.88. The summed E-state index contributed by atoms with van der Waals surface area (Å²) in [6, 6.07) is 6.67. The average molecular weight is 304 g/mol. The Kier molecular flexibility index (Phi) is 3.85. The number of nitro benzene ring substituents is 1. The number of nitro groups is 1. The van der Waals surface area contributed by atoms with Crippen molar-refractivity contribution in [1.82, 2.24) is 10.3 Å². The highest BCUT2D eigenvalue weighted by Gasteiger charge is 2.18. The third-order valence-electron chi connectivity index (χ3n) is 3.50. The van der Waals surface area contributed by atoms with Gasteiger partial charge in [-0.1, -0.05) is 12.1 Å². The number of hydrogen-bond donors (Lipinski definition) is 1. The van der Waals surface area contributed by atoms with E-state index in [1.807, 2.05) is 13.0 Å². The largest absolute Gasteiger partial charge is 0.346 e. The molecule has 21 heavy (non-hydrogen) atoms. The topological polar surface area (TPSA) is 71.3 Å². The molecule has 0 amide bonds. The number of non-ortho nitro benzene ring substituents is 1. The van der Waals surface area contributed by atoms with Crippen molar-refractivity contribution >= 4 is 22.2 Å². The van der Waals surface area contributed by atoms with E-state index in [1.165, 1.54) is 6.07 Å². The molecular formula is C14H16N4O2S. The van der Waals surface area contributed by atoms with Gasteiger partial charge in [0, 0.05) is 48.8 Å². The lowest BCUT2D eigenvalue weighted by Crippen LogP contribution is -2.43. The van der Waals surface area contributed by atoms with E-state index in [-0.39, 0.29) is 10.6 Å². The normalized spacial score (nSPS) is 15.2. The van der Waals surface area contributed by atoms with Gasteiger partial charge in [0.2, 0.25) is 0 Å². The van der Waals surface area contributed by atoms with Crippen molar-refractivity contribution in [2.45, 2.75) is 6.92 Å². The molecule has 1 aliphatic heterocycles. The summed E-state index contributed by atoms with van der Waals surface area (Å²) in [5, 5.41) is 15.2. The van der Waals surface area contributed by atoms with Crippen LogP contribution in [-0.4, -0.2) is 36.1 Å². The van der Waals surface area contributed by atoms with E-state index in [1.54, 1.807) is 23.5 Å². The minimum Gasteiger partial charge on any atom is -0.346 e. The molecule has 7 heteroatoms. The van der Waals surface area contributed by atoms with E-state index in [2.05, 4.69) is 10.2 Å². The fourth-order valence-corrected chi connectivity index (χ4v) is 3.39. The standard InChI is InChI=1S/C14H16N4O2S/c1-10-13(11-3-2-4-12(9-11)18(19)20)16-14(21-10)17-7-5-15-6-8-17/h2-4,9,15H,5-8H2,1H3. The molecule has 110 valence electrons. The van der Waals surface area contributed by atoms with Crippen molar-refractivity contribution in [2.24, 2.45) is 0 Å². The maximum absolute atomic E-state index is 10.9. The minimum absolute atomic E-state index is 0.101. The average Bonchev–Trinajstić information content (AvgIpc) is 2.90. The van der Waals surface area contributed by atoms with Gasteiger partial charge >= 0.3 is 0 Å². The third-order valence-corrected chi connectivity index (χ3v) is 4.53. The van der Waals surface area contributed by atoms with Gasteiger partial charge in [0.25, 0.3) is 5.69 Å². The predicted molar refractivity (Wildman–Crippen MR) is 84.0 cm³/mol. The van der Waals surface area contributed by atoms with Crippen LogP contribution < -0.4 is 10.2 Å². The molecule has 1 N–H and O–H groups in total. The SMILES string of the molecule is Cc1sc(N2CCNCC2)nc1-c1cccc([N+](=O)[O-])c1. The lowest BCUT2D eigenvalue weighted by molar-refractivity contribution is -0.384. The molecule has 1 aromatic heterocycles. The zero-order valence-corrected chi connectivity index (χ0v) is 12.5. The molecule has 0 saturated carbocycles. The van der Waals surface area contributed by atoms with Gasteiger partial charge in [0.05, 0.1) is 10.6 Å². The number of aromatic nitrogens is 1. The Bertz CT molecular complexity index is 665. The summed E-state index contributed by atoms with van der Waals surface area (Å²) < 4.78 is 0. The number of anilines is 1. The van der Waals surface area contributed by atoms with Gasteiger partial charge in [0.15, 0.2) is 5.13 Å². The Labute approximate surface area is 126 Å². The van der Waals surface area contributed by atoms with E-state index >= 15 is 0 Å². The predicted octanol–water partition coefficient (Wildman–Crippen LogP) is 2.44. The van der Waals surface area contributed by atoms with E-state index in [4.69, 9.17) is 4.98 Å². The van der Waals surface area contributed by atoms with Crippen molar-refractivity contribution in [3.8, 4) is 11.3 Å². The van der Waals surface area contributed by atoms with Crippen molar-refractivity contribution < 1.29 is 4.92 Å². The monoisotopic (exact) mass is 304 g/mol. The molecular weight excluding hydrogens is 288 g/mol. The van der Waals surface area contributed by atoms with Crippen LogP contribution in [0.15, 0.2) is 24.3 Å². The molecule has 0 aliphatic carbocycles. The number of aryl methyl sites for hydroxylation is 1. The highest BCUT2D eigenvalue weighted by Crippen LogP contribution is 2.33. The first-order chi connectivity index (χ1) is 10.1. The van der Waals surface area contributed by atoms with Crippen LogP contribution in [0.3, 0.4) is 0 Å². The number of thiazole rings is 1. The molecule has 0 spiro atoms. The molecule has 2 heterocycles. The van der Waals surface area contributed by atoms with Crippen LogP contribution in [0.4, 0.5) is 10.8 Å². The first kappa shape index (κ1) is 14.0. The van der Waals surface area contributed by atoms with Crippen LogP contribution in [0.1, 0.15) is 4.88 Å². The minimum atomic E-state index is -0.373. The van der Waals surface area contributed by atoms with Gasteiger partial charge in [-0.05, 0) is 6.92 Å². The second-order valence-electron chi connectivity index (χ2n) is 4.95. The second kappa shape index (κ2) is 5.79. The van der Waals surface area contributed by atoms with E-state index in [9.17, 15) is 10.1 Å². The number of rotatable bonds is 3. The molecule has 2 aromatic rings. The molecule has 6 nitrogen and oxygen atoms in total. The fraction of sp³-hybridized carbons (Fsp3) is 0.357. The highest BCUT2D eigenvalue weighted by molar-refractivity contribution is 7.16. The number of hydrogen-bond acceptors (Lipinski definition) is 6.